The maximum absolute atomic E-state index is 8.60. The van der Waals surface area contributed by atoms with Crippen LogP contribution >= 0.6 is 0 Å². The van der Waals surface area contributed by atoms with Crippen LogP contribution in [0.3, 0.4) is 0 Å². The number of hydrogen-bond acceptors (Lipinski definition) is 6. The fraction of sp³-hybridized carbons (Fsp3) is 0.667. The lowest BCUT2D eigenvalue weighted by atomic mass is 9.81. The third-order valence-corrected chi connectivity index (χ3v) is 4.40. The average Bonchev–Trinajstić information content (AvgIpc) is 2.66. The zero-order valence-corrected chi connectivity index (χ0v) is 13.5. The van der Waals surface area contributed by atoms with Crippen LogP contribution in [0.2, 0.25) is 0 Å². The minimum Gasteiger partial charge on any atom is -0.399 e. The molecule has 0 amide bonds. The number of rotatable bonds is 1. The number of hydrogen-bond donors (Lipinski definition) is 1. The lowest BCUT2D eigenvalue weighted by Crippen LogP contribution is -2.41. The van der Waals surface area contributed by atoms with E-state index in [9.17, 15) is 0 Å². The van der Waals surface area contributed by atoms with Crippen LogP contribution in [0, 0.1) is 17.2 Å². The van der Waals surface area contributed by atoms with Gasteiger partial charge in [0.2, 0.25) is 0 Å². The van der Waals surface area contributed by atoms with Gasteiger partial charge in [-0.3, -0.25) is 0 Å². The van der Waals surface area contributed by atoms with E-state index < -0.39 is 0 Å². The molecule has 0 atom stereocenters. The van der Waals surface area contributed by atoms with E-state index in [-0.39, 0.29) is 30.3 Å². The highest BCUT2D eigenvalue weighted by atomic mass is 16.7. The lowest BCUT2D eigenvalue weighted by Gasteiger charge is -2.32. The molecule has 2 fully saturated rings. The minimum atomic E-state index is -0.365. The van der Waals surface area contributed by atoms with E-state index in [1.165, 1.54) is 6.33 Å². The van der Waals surface area contributed by atoms with Crippen molar-refractivity contribution in [2.24, 2.45) is 5.92 Å². The van der Waals surface area contributed by atoms with Gasteiger partial charge in [0.15, 0.2) is 0 Å². The van der Waals surface area contributed by atoms with Crippen LogP contribution in [-0.2, 0) is 9.31 Å². The van der Waals surface area contributed by atoms with Gasteiger partial charge in [0.1, 0.15) is 6.33 Å². The topological polar surface area (TPSA) is 88.3 Å². The Kier molecular flexibility index (Phi) is 4.85. The molecule has 7 heteroatoms. The molecule has 118 valence electrons. The van der Waals surface area contributed by atoms with E-state index in [4.69, 9.17) is 19.7 Å². The monoisotopic (exact) mass is 303 g/mol. The van der Waals surface area contributed by atoms with Crippen LogP contribution in [0.15, 0.2) is 18.7 Å². The van der Waals surface area contributed by atoms with Crippen molar-refractivity contribution in [2.75, 3.05) is 0 Å². The Morgan fingerprint density at radius 1 is 1.18 bits per heavy atom. The summed E-state index contributed by atoms with van der Waals surface area (Å²) < 4.78 is 11.7. The summed E-state index contributed by atoms with van der Waals surface area (Å²) in [6.07, 6.45) is 6.14. The molecule has 1 saturated heterocycles. The average molecular weight is 303 g/mol. The van der Waals surface area contributed by atoms with Crippen molar-refractivity contribution in [3.8, 4) is 6.07 Å². The zero-order chi connectivity index (χ0) is 16.4. The van der Waals surface area contributed by atoms with Gasteiger partial charge in [0, 0.05) is 17.9 Å². The lowest BCUT2D eigenvalue weighted by molar-refractivity contribution is 0.00578. The van der Waals surface area contributed by atoms with Crippen molar-refractivity contribution in [3.05, 3.63) is 18.7 Å². The van der Waals surface area contributed by atoms with E-state index in [0.717, 1.165) is 5.46 Å². The molecule has 0 radical (unpaired) electrons. The molecule has 1 saturated carbocycles. The summed E-state index contributed by atoms with van der Waals surface area (Å²) in [6, 6.07) is 2.07. The molecule has 2 aliphatic rings. The number of aromatic nitrogens is 2. The van der Waals surface area contributed by atoms with E-state index in [0.29, 0.717) is 12.8 Å². The van der Waals surface area contributed by atoms with Gasteiger partial charge in [-0.25, -0.2) is 9.97 Å². The van der Waals surface area contributed by atoms with Gasteiger partial charge in [-0.1, -0.05) is 0 Å². The maximum atomic E-state index is 8.60. The third-order valence-electron chi connectivity index (χ3n) is 4.40. The Hall–Kier alpha value is -1.49. The Morgan fingerprint density at radius 3 is 2.05 bits per heavy atom. The highest BCUT2D eigenvalue weighted by molar-refractivity contribution is 6.61. The summed E-state index contributed by atoms with van der Waals surface area (Å²) in [5, 5.41) is 16.7. The third kappa shape index (κ3) is 3.64. The summed E-state index contributed by atoms with van der Waals surface area (Å²) in [7, 11) is -0.365. The predicted octanol–water partition coefficient (Wildman–Crippen LogP) is 1.06. The molecule has 0 spiro atoms. The first-order valence-corrected chi connectivity index (χ1v) is 7.43. The van der Waals surface area contributed by atoms with Crippen molar-refractivity contribution in [3.63, 3.8) is 0 Å². The second kappa shape index (κ2) is 6.33. The highest BCUT2D eigenvalue weighted by Gasteiger charge is 2.51. The smallest absolute Gasteiger partial charge is 0.399 e. The fourth-order valence-electron chi connectivity index (χ4n) is 2.10. The highest BCUT2D eigenvalue weighted by Crippen LogP contribution is 2.36. The molecule has 1 N–H and O–H groups in total. The summed E-state index contributed by atoms with van der Waals surface area (Å²) >= 11 is 0. The van der Waals surface area contributed by atoms with Crippen LogP contribution in [0.25, 0.3) is 0 Å². The molecule has 1 aromatic rings. The molecule has 0 unspecified atom stereocenters. The normalized spacial score (nSPS) is 28.1. The number of aliphatic hydroxyl groups is 1. The van der Waals surface area contributed by atoms with Crippen LogP contribution in [0.5, 0.6) is 0 Å². The van der Waals surface area contributed by atoms with Gasteiger partial charge in [-0.2, -0.15) is 5.26 Å². The van der Waals surface area contributed by atoms with Crippen LogP contribution in [0.1, 0.15) is 40.5 Å². The number of nitriles is 1. The molecule has 1 aromatic heterocycles. The number of aliphatic hydroxyl groups excluding tert-OH is 1. The fourth-order valence-corrected chi connectivity index (χ4v) is 2.10. The van der Waals surface area contributed by atoms with Gasteiger partial charge < -0.3 is 14.4 Å². The van der Waals surface area contributed by atoms with Gasteiger partial charge in [-0.05, 0) is 40.5 Å². The van der Waals surface area contributed by atoms with E-state index in [2.05, 4.69) is 16.0 Å². The Balaban J connectivity index is 0.000000211. The van der Waals surface area contributed by atoms with Crippen molar-refractivity contribution in [1.29, 1.82) is 5.26 Å². The van der Waals surface area contributed by atoms with Crippen molar-refractivity contribution >= 4 is 12.6 Å². The predicted molar refractivity (Wildman–Crippen MR) is 82.1 cm³/mol. The molecule has 22 heavy (non-hydrogen) atoms. The molecule has 3 rings (SSSR count). The SMILES string of the molecule is CC1(C)OB(c2cncnc2)OC1(C)C.N#CC1CC(O)C1. The molecule has 0 aromatic carbocycles. The van der Waals surface area contributed by atoms with E-state index in [1.54, 1.807) is 12.4 Å². The van der Waals surface area contributed by atoms with Crippen LogP contribution < -0.4 is 5.46 Å². The summed E-state index contributed by atoms with van der Waals surface area (Å²) in [5.41, 5.74) is 0.234. The maximum Gasteiger partial charge on any atom is 0.498 e. The van der Waals surface area contributed by atoms with Crippen molar-refractivity contribution in [1.82, 2.24) is 9.97 Å². The summed E-state index contributed by atoms with van der Waals surface area (Å²) in [6.45, 7) is 8.10. The second-order valence-electron chi connectivity index (χ2n) is 6.71. The minimum absolute atomic E-state index is 0.148. The van der Waals surface area contributed by atoms with E-state index in [1.807, 2.05) is 27.7 Å². The second-order valence-corrected chi connectivity index (χ2v) is 6.71. The molecule has 6 nitrogen and oxygen atoms in total. The van der Waals surface area contributed by atoms with Gasteiger partial charge in [-0.15, -0.1) is 0 Å². The quantitative estimate of drug-likeness (QED) is 0.780. The largest absolute Gasteiger partial charge is 0.498 e. The molecule has 2 heterocycles. The van der Waals surface area contributed by atoms with Crippen LogP contribution in [0.4, 0.5) is 0 Å². The summed E-state index contributed by atoms with van der Waals surface area (Å²) in [5.74, 6) is 0.148. The van der Waals surface area contributed by atoms with Gasteiger partial charge in [0.05, 0.1) is 29.3 Å². The first-order valence-electron chi connectivity index (χ1n) is 7.43. The number of nitrogens with zero attached hydrogens (tertiary/aromatic N) is 3. The first-order chi connectivity index (χ1) is 10.2. The molecular formula is C15H22BN3O3. The van der Waals surface area contributed by atoms with Crippen molar-refractivity contribution in [2.45, 2.75) is 57.8 Å². The Labute approximate surface area is 131 Å². The molecule has 1 aliphatic heterocycles. The van der Waals surface area contributed by atoms with Gasteiger partial charge in [0.25, 0.3) is 0 Å². The van der Waals surface area contributed by atoms with Crippen LogP contribution in [-0.4, -0.2) is 39.5 Å². The van der Waals surface area contributed by atoms with Gasteiger partial charge >= 0.3 is 7.12 Å². The Bertz CT molecular complexity index is 523. The molecule has 0 bridgehead atoms. The summed E-state index contributed by atoms with van der Waals surface area (Å²) in [4.78, 5) is 7.91. The first kappa shape index (κ1) is 16.9. The van der Waals surface area contributed by atoms with E-state index >= 15 is 0 Å². The standard InChI is InChI=1S/C10H15BN2O2.C5H7NO/c1-9(2)10(3,4)15-11(14-9)8-5-12-7-13-6-8;6-3-4-1-5(7)2-4/h5-7H,1-4H3;4-5,7H,1-2H2. The van der Waals surface area contributed by atoms with Crippen molar-refractivity contribution < 1.29 is 14.4 Å². The molecular weight excluding hydrogens is 281 g/mol. The molecule has 1 aliphatic carbocycles. The zero-order valence-electron chi connectivity index (χ0n) is 13.5. The Morgan fingerprint density at radius 2 is 1.68 bits per heavy atom.